The van der Waals surface area contributed by atoms with E-state index in [1.54, 1.807) is 60.5 Å². The summed E-state index contributed by atoms with van der Waals surface area (Å²) in [5.41, 5.74) is 3.84. The van der Waals surface area contributed by atoms with E-state index >= 15 is 9.59 Å². The predicted octanol–water partition coefficient (Wildman–Crippen LogP) is 9.73. The maximum absolute atomic E-state index is 15.3. The van der Waals surface area contributed by atoms with Gasteiger partial charge in [-0.05, 0) is 143 Å². The van der Waals surface area contributed by atoms with Gasteiger partial charge in [-0.1, -0.05) is 149 Å². The molecule has 5 aromatic carbocycles. The van der Waals surface area contributed by atoms with Crippen molar-refractivity contribution >= 4 is 47.1 Å². The molecule has 2 saturated carbocycles. The van der Waals surface area contributed by atoms with E-state index in [2.05, 4.69) is 21.3 Å². The topological polar surface area (TPSA) is 198 Å². The minimum absolute atomic E-state index is 0.0247. The van der Waals surface area contributed by atoms with Gasteiger partial charge in [0.05, 0.1) is 18.1 Å². The maximum Gasteiger partial charge on any atom is 0.253 e. The number of likely N-dealkylation sites (tertiary alicyclic amines) is 2. The second-order valence-corrected chi connectivity index (χ2v) is 25.8. The number of hydrogen-bond donors (Lipinski definition) is 4. The van der Waals surface area contributed by atoms with Gasteiger partial charge in [-0.15, -0.1) is 0 Å². The lowest BCUT2D eigenvalue weighted by Gasteiger charge is -2.37. The molecule has 4 aliphatic rings. The fraction of sp³-hybridized carbons (Fsp3) is 0.486. The molecule has 9 rings (SSSR count). The van der Waals surface area contributed by atoms with Crippen LogP contribution in [0.15, 0.2) is 146 Å². The number of rotatable bonds is 27. The lowest BCUT2D eigenvalue weighted by Crippen LogP contribution is -2.56. The summed E-state index contributed by atoms with van der Waals surface area (Å²) in [5.74, 6) is -2.45. The largest absolute Gasteiger partial charge is 0.347 e. The van der Waals surface area contributed by atoms with Crippen LogP contribution in [0.2, 0.25) is 0 Å². The molecule has 2 aliphatic heterocycles. The highest BCUT2D eigenvalue weighted by Crippen LogP contribution is 2.36. The summed E-state index contributed by atoms with van der Waals surface area (Å²) in [6, 6.07) is 41.5. The number of ketones is 1. The van der Waals surface area contributed by atoms with Crippen LogP contribution < -0.4 is 21.3 Å². The van der Waals surface area contributed by atoms with Crippen LogP contribution in [-0.4, -0.2) is 149 Å². The number of nitrogens with zero attached hydrogens (tertiary/aromatic N) is 4. The standard InChI is InChI=1S/C74H94N8O8/c1-5-51(2)68(84)78-67(56-30-18-9-19-31-56)74(90)82-48-62(45-64(82)50-80(43-41-54-26-14-7-15-27-54)72(88)60-34-22-11-23-35-60)77-70(86)58-38-36-57(37-39-58)69(85)76-61-44-63(49-79(42-40-53-24-12-6-13-25-53)71(87)59-32-20-10-21-33-59)81(47-61)73(89)65(46-66(83)52(3)75-4)55-28-16-8-17-29-55/h6-7,10-15,20-27,32-39,51-52,55-56,61-65,67,75H,5,8-9,16-19,28-31,40-50H2,1-4H3,(H,76,85)(H,77,86)(H,78,84)/t51-,52+,61+,62+,63+,64+,65+,67+/m1/s1. The first-order chi connectivity index (χ1) is 43.7. The van der Waals surface area contributed by atoms with Crippen molar-refractivity contribution < 1.29 is 38.4 Å². The quantitative estimate of drug-likeness (QED) is 0.0396. The van der Waals surface area contributed by atoms with Crippen LogP contribution in [0, 0.1) is 23.7 Å². The Bertz CT molecular complexity index is 2960. The molecular weight excluding hydrogens is 1130 g/mol. The molecule has 4 fully saturated rings. The highest BCUT2D eigenvalue weighted by Gasteiger charge is 2.45. The maximum atomic E-state index is 15.3. The number of benzene rings is 5. The molecule has 0 unspecified atom stereocenters. The van der Waals surface area contributed by atoms with E-state index in [0.717, 1.165) is 75.3 Å². The van der Waals surface area contributed by atoms with E-state index in [9.17, 15) is 28.8 Å². The zero-order valence-electron chi connectivity index (χ0n) is 53.2. The minimum Gasteiger partial charge on any atom is -0.347 e. The van der Waals surface area contributed by atoms with Crippen LogP contribution >= 0.6 is 0 Å². The molecule has 0 spiro atoms. The van der Waals surface area contributed by atoms with Crippen molar-refractivity contribution in [2.45, 2.75) is 160 Å². The Kier molecular flexibility index (Phi) is 24.1. The lowest BCUT2D eigenvalue weighted by atomic mass is 9.76. The van der Waals surface area contributed by atoms with E-state index in [0.29, 0.717) is 67.4 Å². The molecular formula is C74H94N8O8. The van der Waals surface area contributed by atoms with Crippen molar-refractivity contribution in [1.82, 2.24) is 40.9 Å². The molecule has 16 nitrogen and oxygen atoms in total. The van der Waals surface area contributed by atoms with E-state index in [4.69, 9.17) is 0 Å². The number of hydrogen-bond acceptors (Lipinski definition) is 9. The van der Waals surface area contributed by atoms with Crippen molar-refractivity contribution in [3.8, 4) is 0 Å². The van der Waals surface area contributed by atoms with Crippen molar-refractivity contribution in [3.05, 3.63) is 179 Å². The Labute approximate surface area is 532 Å². The van der Waals surface area contributed by atoms with Gasteiger partial charge in [-0.2, -0.15) is 0 Å². The second-order valence-electron chi connectivity index (χ2n) is 25.8. The molecule has 7 amide bonds. The van der Waals surface area contributed by atoms with Crippen molar-refractivity contribution in [2.24, 2.45) is 23.7 Å². The molecule has 2 heterocycles. The van der Waals surface area contributed by atoms with Crippen LogP contribution in [0.3, 0.4) is 0 Å². The number of carbonyl (C=O) groups is 8. The van der Waals surface area contributed by atoms with Gasteiger partial charge in [0, 0.05) is 91.9 Å². The highest BCUT2D eigenvalue weighted by molar-refractivity contribution is 5.99. The first kappa shape index (κ1) is 66.4. The van der Waals surface area contributed by atoms with Gasteiger partial charge in [-0.25, -0.2) is 0 Å². The molecule has 90 heavy (non-hydrogen) atoms. The Morgan fingerprint density at radius 2 is 0.922 bits per heavy atom. The molecule has 2 saturated heterocycles. The summed E-state index contributed by atoms with van der Waals surface area (Å²) in [7, 11) is 1.75. The van der Waals surface area contributed by atoms with Gasteiger partial charge in [0.1, 0.15) is 11.8 Å². The number of likely N-dealkylation sites (N-methyl/N-ethyl adjacent to an activating group) is 1. The molecule has 8 atom stereocenters. The third kappa shape index (κ3) is 17.7. The normalized spacial score (nSPS) is 20.0. The summed E-state index contributed by atoms with van der Waals surface area (Å²) in [6.07, 6.45) is 12.0. The minimum atomic E-state index is -0.756. The molecule has 2 aliphatic carbocycles. The summed E-state index contributed by atoms with van der Waals surface area (Å²) in [4.78, 5) is 123. The third-order valence-corrected chi connectivity index (χ3v) is 19.6. The Hall–Kier alpha value is -7.98. The third-order valence-electron chi connectivity index (χ3n) is 19.6. The highest BCUT2D eigenvalue weighted by atomic mass is 16.2. The summed E-state index contributed by atoms with van der Waals surface area (Å²) in [6.45, 7) is 7.25. The van der Waals surface area contributed by atoms with Crippen LogP contribution in [0.25, 0.3) is 0 Å². The fourth-order valence-electron chi connectivity index (χ4n) is 13.9. The summed E-state index contributed by atoms with van der Waals surface area (Å²) >= 11 is 0. The molecule has 16 heteroatoms. The number of nitrogens with one attached hydrogen (secondary N) is 4. The monoisotopic (exact) mass is 1220 g/mol. The van der Waals surface area contributed by atoms with Crippen LogP contribution in [-0.2, 0) is 32.0 Å². The molecule has 5 aromatic rings. The first-order valence-corrected chi connectivity index (χ1v) is 33.3. The van der Waals surface area contributed by atoms with Crippen molar-refractivity contribution in [2.75, 3.05) is 46.3 Å². The van der Waals surface area contributed by atoms with Crippen LogP contribution in [0.1, 0.15) is 163 Å². The van der Waals surface area contributed by atoms with Gasteiger partial charge >= 0.3 is 0 Å². The fourth-order valence-corrected chi connectivity index (χ4v) is 13.9. The van der Waals surface area contributed by atoms with Gasteiger partial charge in [-0.3, -0.25) is 38.4 Å². The van der Waals surface area contributed by atoms with Crippen molar-refractivity contribution in [3.63, 3.8) is 0 Å². The Balaban J connectivity index is 0.933. The molecule has 0 radical (unpaired) electrons. The van der Waals surface area contributed by atoms with Crippen LogP contribution in [0.5, 0.6) is 0 Å². The van der Waals surface area contributed by atoms with E-state index in [-0.39, 0.29) is 97.5 Å². The first-order valence-electron chi connectivity index (χ1n) is 33.3. The Morgan fingerprint density at radius 3 is 1.34 bits per heavy atom. The lowest BCUT2D eigenvalue weighted by molar-refractivity contribution is -0.142. The molecule has 0 bridgehead atoms. The predicted molar refractivity (Wildman–Crippen MR) is 350 cm³/mol. The Morgan fingerprint density at radius 1 is 0.511 bits per heavy atom. The molecule has 478 valence electrons. The molecule has 4 N–H and O–H groups in total. The van der Waals surface area contributed by atoms with Gasteiger partial charge in [0.2, 0.25) is 17.7 Å². The molecule has 0 aromatic heterocycles. The number of amides is 7. The van der Waals surface area contributed by atoms with Gasteiger partial charge in [0.25, 0.3) is 23.6 Å². The number of carbonyl (C=O) groups excluding carboxylic acids is 8. The zero-order valence-corrected chi connectivity index (χ0v) is 53.2. The average Bonchev–Trinajstić information content (AvgIpc) is 2.21. The van der Waals surface area contributed by atoms with Crippen LogP contribution in [0.4, 0.5) is 0 Å². The van der Waals surface area contributed by atoms with E-state index in [1.165, 1.54) is 0 Å². The summed E-state index contributed by atoms with van der Waals surface area (Å²) in [5, 5.41) is 12.7. The average molecular weight is 1220 g/mol. The smallest absolute Gasteiger partial charge is 0.253 e. The SMILES string of the molecule is CC[C@@H](C)C(=O)N[C@H](C(=O)N1C[C@@H](NC(=O)c2ccc(C(=O)N[C@H]3C[C@@H](CN(CCc4ccccc4)C(=O)c4ccccc4)N(C(=O)[C@@H](CC(=O)[C@H](C)NC)C4CCCCC4)C3)cc2)C[C@H]1CN(CCc1ccccc1)C(=O)c1ccccc1)C1CCCCC1. The van der Waals surface area contributed by atoms with Gasteiger partial charge in [0.15, 0.2) is 0 Å². The van der Waals surface area contributed by atoms with E-state index in [1.807, 2.05) is 133 Å². The second kappa shape index (κ2) is 32.7. The van der Waals surface area contributed by atoms with Crippen molar-refractivity contribution in [1.29, 1.82) is 0 Å². The van der Waals surface area contributed by atoms with Gasteiger partial charge < -0.3 is 40.9 Å². The zero-order chi connectivity index (χ0) is 63.5. The number of Topliss-reactive ketones (excluding diaryl/α,β-unsaturated/α-hetero) is 1. The summed E-state index contributed by atoms with van der Waals surface area (Å²) < 4.78 is 0. The van der Waals surface area contributed by atoms with E-state index < -0.39 is 42.2 Å².